The minimum atomic E-state index is -0.225. The molecule has 1 rings (SSSR count). The van der Waals surface area contributed by atoms with Crippen LogP contribution in [0.5, 0.6) is 11.5 Å². The molecule has 0 aliphatic rings. The summed E-state index contributed by atoms with van der Waals surface area (Å²) in [5, 5.41) is 0. The number of ether oxygens (including phenoxy) is 4. The molecule has 0 aliphatic carbocycles. The van der Waals surface area contributed by atoms with Gasteiger partial charge < -0.3 is 18.9 Å². The van der Waals surface area contributed by atoms with Crippen LogP contribution in [0, 0.1) is 0 Å². The number of aryl methyl sites for hydroxylation is 1. The number of carbonyl (C=O) groups is 1. The van der Waals surface area contributed by atoms with Gasteiger partial charge in [0.15, 0.2) is 11.5 Å². The molecule has 118 valence electrons. The first kappa shape index (κ1) is 17.3. The van der Waals surface area contributed by atoms with Gasteiger partial charge in [-0.1, -0.05) is 6.07 Å². The summed E-state index contributed by atoms with van der Waals surface area (Å²) in [5.41, 5.74) is 1.00. The van der Waals surface area contributed by atoms with Crippen LogP contribution >= 0.6 is 0 Å². The molecule has 0 heterocycles. The first-order chi connectivity index (χ1) is 10.1. The number of hydrogen-bond donors (Lipinski definition) is 0. The Labute approximate surface area is 126 Å². The highest BCUT2D eigenvalue weighted by Crippen LogP contribution is 2.27. The molecule has 0 bridgehead atoms. The molecule has 5 nitrogen and oxygen atoms in total. The minimum absolute atomic E-state index is 0.149. The molecule has 0 aliphatic heterocycles. The molecular weight excluding hydrogens is 272 g/mol. The van der Waals surface area contributed by atoms with Gasteiger partial charge in [0.25, 0.3) is 0 Å². The summed E-state index contributed by atoms with van der Waals surface area (Å²) in [6, 6.07) is 5.61. The van der Waals surface area contributed by atoms with E-state index in [1.165, 1.54) is 0 Å². The van der Waals surface area contributed by atoms with Crippen LogP contribution in [-0.4, -0.2) is 39.5 Å². The molecule has 5 heteroatoms. The van der Waals surface area contributed by atoms with Crippen molar-refractivity contribution in [1.29, 1.82) is 0 Å². The summed E-state index contributed by atoms with van der Waals surface area (Å²) in [7, 11) is 3.18. The molecule has 1 aromatic carbocycles. The van der Waals surface area contributed by atoms with Gasteiger partial charge in [0.2, 0.25) is 0 Å². The van der Waals surface area contributed by atoms with Crippen LogP contribution < -0.4 is 9.47 Å². The van der Waals surface area contributed by atoms with E-state index in [9.17, 15) is 4.79 Å². The summed E-state index contributed by atoms with van der Waals surface area (Å²) >= 11 is 0. The van der Waals surface area contributed by atoms with E-state index in [2.05, 4.69) is 0 Å². The third kappa shape index (κ3) is 6.49. The number of carbonyl (C=O) groups excluding carboxylic acids is 1. The first-order valence-corrected chi connectivity index (χ1v) is 7.05. The van der Waals surface area contributed by atoms with Crippen LogP contribution in [0.1, 0.15) is 25.8 Å². The van der Waals surface area contributed by atoms with Crippen molar-refractivity contribution in [2.45, 2.75) is 32.8 Å². The van der Waals surface area contributed by atoms with E-state index in [4.69, 9.17) is 18.9 Å². The number of methoxy groups -OCH3 is 2. The lowest BCUT2D eigenvalue weighted by Gasteiger charge is -2.10. The monoisotopic (exact) mass is 296 g/mol. The molecule has 0 aromatic heterocycles. The molecule has 0 fully saturated rings. The van der Waals surface area contributed by atoms with E-state index < -0.39 is 0 Å². The lowest BCUT2D eigenvalue weighted by Crippen LogP contribution is -2.13. The second kappa shape index (κ2) is 9.23. The molecule has 0 atom stereocenters. The van der Waals surface area contributed by atoms with Crippen molar-refractivity contribution in [2.75, 3.05) is 27.4 Å². The maximum atomic E-state index is 11.6. The Hall–Kier alpha value is -1.75. The number of benzene rings is 1. The van der Waals surface area contributed by atoms with Crippen LogP contribution in [0.2, 0.25) is 0 Å². The van der Waals surface area contributed by atoms with Gasteiger partial charge in [0.1, 0.15) is 6.61 Å². The topological polar surface area (TPSA) is 54.0 Å². The van der Waals surface area contributed by atoms with Crippen molar-refractivity contribution in [3.05, 3.63) is 23.8 Å². The van der Waals surface area contributed by atoms with Gasteiger partial charge in [-0.15, -0.1) is 0 Å². The lowest BCUT2D eigenvalue weighted by atomic mass is 10.1. The number of esters is 1. The van der Waals surface area contributed by atoms with E-state index in [1.54, 1.807) is 14.2 Å². The average molecular weight is 296 g/mol. The second-order valence-electron chi connectivity index (χ2n) is 4.83. The zero-order chi connectivity index (χ0) is 15.7. The standard InChI is InChI=1S/C16H24O5/c1-12(2)20-9-10-21-16(17)8-6-13-5-7-14(18-3)15(11-13)19-4/h5,7,11-12H,6,8-10H2,1-4H3. The van der Waals surface area contributed by atoms with Gasteiger partial charge in [-0.2, -0.15) is 0 Å². The van der Waals surface area contributed by atoms with Crippen LogP contribution in [0.4, 0.5) is 0 Å². The Morgan fingerprint density at radius 3 is 2.43 bits per heavy atom. The molecule has 0 N–H and O–H groups in total. The highest BCUT2D eigenvalue weighted by atomic mass is 16.6. The fourth-order valence-electron chi connectivity index (χ4n) is 1.79. The van der Waals surface area contributed by atoms with Crippen molar-refractivity contribution in [1.82, 2.24) is 0 Å². The Morgan fingerprint density at radius 1 is 1.10 bits per heavy atom. The minimum Gasteiger partial charge on any atom is -0.493 e. The summed E-state index contributed by atoms with van der Waals surface area (Å²) in [5.74, 6) is 1.11. The number of hydrogen-bond acceptors (Lipinski definition) is 5. The fourth-order valence-corrected chi connectivity index (χ4v) is 1.79. The molecule has 1 aromatic rings. The molecule has 21 heavy (non-hydrogen) atoms. The molecular formula is C16H24O5. The van der Waals surface area contributed by atoms with Crippen LogP contribution in [0.3, 0.4) is 0 Å². The van der Waals surface area contributed by atoms with Gasteiger partial charge >= 0.3 is 5.97 Å². The highest BCUT2D eigenvalue weighted by Gasteiger charge is 2.08. The largest absolute Gasteiger partial charge is 0.493 e. The van der Waals surface area contributed by atoms with Crippen molar-refractivity contribution in [3.63, 3.8) is 0 Å². The van der Waals surface area contributed by atoms with Crippen LogP contribution in [0.15, 0.2) is 18.2 Å². The maximum Gasteiger partial charge on any atom is 0.306 e. The predicted octanol–water partition coefficient (Wildman–Crippen LogP) is 2.60. The molecule has 0 amide bonds. The van der Waals surface area contributed by atoms with E-state index >= 15 is 0 Å². The number of rotatable bonds is 9. The van der Waals surface area contributed by atoms with E-state index in [-0.39, 0.29) is 12.1 Å². The lowest BCUT2D eigenvalue weighted by molar-refractivity contribution is -0.145. The summed E-state index contributed by atoms with van der Waals surface area (Å²) < 4.78 is 20.8. The van der Waals surface area contributed by atoms with E-state index in [0.29, 0.717) is 37.6 Å². The Morgan fingerprint density at radius 2 is 1.81 bits per heavy atom. The van der Waals surface area contributed by atoms with E-state index in [1.807, 2.05) is 32.0 Å². The normalized spacial score (nSPS) is 10.5. The molecule has 0 saturated heterocycles. The SMILES string of the molecule is COc1ccc(CCC(=O)OCCOC(C)C)cc1OC. The van der Waals surface area contributed by atoms with Crippen molar-refractivity contribution in [2.24, 2.45) is 0 Å². The first-order valence-electron chi connectivity index (χ1n) is 7.05. The van der Waals surface area contributed by atoms with Gasteiger partial charge in [0, 0.05) is 6.42 Å². The van der Waals surface area contributed by atoms with Crippen molar-refractivity contribution >= 4 is 5.97 Å². The molecule has 0 radical (unpaired) electrons. The third-order valence-corrected chi connectivity index (χ3v) is 2.86. The summed E-state index contributed by atoms with van der Waals surface area (Å²) in [6.07, 6.45) is 1.08. The van der Waals surface area contributed by atoms with Crippen molar-refractivity contribution < 1.29 is 23.7 Å². The van der Waals surface area contributed by atoms with E-state index in [0.717, 1.165) is 5.56 Å². The van der Waals surface area contributed by atoms with Gasteiger partial charge in [-0.25, -0.2) is 0 Å². The van der Waals surface area contributed by atoms with Crippen molar-refractivity contribution in [3.8, 4) is 11.5 Å². The Kier molecular flexibility index (Phi) is 7.61. The zero-order valence-electron chi connectivity index (χ0n) is 13.2. The highest BCUT2D eigenvalue weighted by molar-refractivity contribution is 5.69. The summed E-state index contributed by atoms with van der Waals surface area (Å²) in [4.78, 5) is 11.6. The third-order valence-electron chi connectivity index (χ3n) is 2.86. The molecule has 0 spiro atoms. The second-order valence-corrected chi connectivity index (χ2v) is 4.83. The predicted molar refractivity (Wildman–Crippen MR) is 79.9 cm³/mol. The Balaban J connectivity index is 2.36. The molecule has 0 saturated carbocycles. The van der Waals surface area contributed by atoms with Crippen LogP contribution in [-0.2, 0) is 20.7 Å². The average Bonchev–Trinajstić information content (AvgIpc) is 2.48. The van der Waals surface area contributed by atoms with Gasteiger partial charge in [-0.3, -0.25) is 4.79 Å². The maximum absolute atomic E-state index is 11.6. The smallest absolute Gasteiger partial charge is 0.306 e. The van der Waals surface area contributed by atoms with Crippen LogP contribution in [0.25, 0.3) is 0 Å². The van der Waals surface area contributed by atoms with Gasteiger partial charge in [-0.05, 0) is 38.0 Å². The van der Waals surface area contributed by atoms with Gasteiger partial charge in [0.05, 0.1) is 26.9 Å². The fraction of sp³-hybridized carbons (Fsp3) is 0.562. The Bertz CT molecular complexity index is 442. The molecule has 0 unspecified atom stereocenters. The quantitative estimate of drug-likeness (QED) is 0.518. The zero-order valence-corrected chi connectivity index (χ0v) is 13.2. The summed E-state index contributed by atoms with van der Waals surface area (Å²) in [6.45, 7) is 4.61.